The highest BCUT2D eigenvalue weighted by Crippen LogP contribution is 2.52. The Morgan fingerprint density at radius 1 is 1.29 bits per heavy atom. The summed E-state index contributed by atoms with van der Waals surface area (Å²) in [5.74, 6) is -0.768. The molecule has 0 fully saturated rings. The Hall–Kier alpha value is -1.91. The van der Waals surface area contributed by atoms with Crippen LogP contribution >= 0.6 is 23.2 Å². The van der Waals surface area contributed by atoms with Crippen molar-refractivity contribution >= 4 is 34.9 Å². The van der Waals surface area contributed by atoms with Crippen LogP contribution < -0.4 is 15.2 Å². The molecule has 0 saturated heterocycles. The molecule has 4 nitrogen and oxygen atoms in total. The second-order valence-electron chi connectivity index (χ2n) is 5.84. The number of carbonyl (C=O) groups excluding carboxylic acids is 1. The molecule has 0 spiro atoms. The van der Waals surface area contributed by atoms with Crippen LogP contribution in [0.1, 0.15) is 30.0 Å². The van der Waals surface area contributed by atoms with Gasteiger partial charge in [0.25, 0.3) is 0 Å². The third kappa shape index (κ3) is 2.33. The van der Waals surface area contributed by atoms with Gasteiger partial charge in [0.1, 0.15) is 17.9 Å². The van der Waals surface area contributed by atoms with Crippen LogP contribution in [0.3, 0.4) is 0 Å². The lowest BCUT2D eigenvalue weighted by molar-refractivity contribution is -0.308. The first-order valence-corrected chi connectivity index (χ1v) is 7.95. The molecule has 0 saturated carbocycles. The van der Waals surface area contributed by atoms with E-state index in [9.17, 15) is 9.90 Å². The van der Waals surface area contributed by atoms with E-state index >= 15 is 0 Å². The maximum atomic E-state index is 11.6. The van der Waals surface area contributed by atoms with Gasteiger partial charge >= 0.3 is 0 Å². The third-order valence-corrected chi connectivity index (χ3v) is 4.99. The normalized spacial score (nSPS) is 23.0. The van der Waals surface area contributed by atoms with Crippen molar-refractivity contribution in [2.24, 2.45) is 0 Å². The highest BCUT2D eigenvalue weighted by atomic mass is 35.5. The van der Waals surface area contributed by atoms with Crippen molar-refractivity contribution in [1.29, 1.82) is 0 Å². The first-order valence-electron chi connectivity index (χ1n) is 7.20. The molecule has 2 aromatic rings. The molecule has 2 heterocycles. The average Bonchev–Trinajstić information content (AvgIpc) is 2.86. The summed E-state index contributed by atoms with van der Waals surface area (Å²) in [5.41, 5.74) is 3.31. The van der Waals surface area contributed by atoms with Gasteiger partial charge in [0, 0.05) is 26.9 Å². The highest BCUT2D eigenvalue weighted by molar-refractivity contribution is 6.35. The lowest BCUT2D eigenvalue weighted by Crippen LogP contribution is -2.53. The molecular weight excluding hydrogens is 349 g/mol. The Balaban J connectivity index is 0.00000169. The van der Waals surface area contributed by atoms with E-state index in [1.165, 1.54) is 0 Å². The van der Waals surface area contributed by atoms with Crippen LogP contribution in [0.2, 0.25) is 10.0 Å². The largest absolute Gasteiger partial charge is 0.548 e. The van der Waals surface area contributed by atoms with Gasteiger partial charge in [-0.1, -0.05) is 48.8 Å². The number of carboxylic acid groups (broad SMARTS) is 1. The molecule has 0 amide bonds. The Kier molecular flexibility index (Phi) is 4.14. The number of hydrogen-bond donors (Lipinski definition) is 1. The number of aliphatic carboxylic acids is 1. The SMILES string of the molecule is C.Cc1cccc2c1OC1C(C(=O)[O-])Nc3cc(Cl)cc(Cl)c3C21. The molecule has 24 heavy (non-hydrogen) atoms. The second-order valence-corrected chi connectivity index (χ2v) is 6.69. The van der Waals surface area contributed by atoms with Crippen molar-refractivity contribution in [3.8, 4) is 5.75 Å². The van der Waals surface area contributed by atoms with E-state index in [0.717, 1.165) is 22.4 Å². The van der Waals surface area contributed by atoms with Gasteiger partial charge in [0.15, 0.2) is 0 Å². The van der Waals surface area contributed by atoms with Crippen LogP contribution in [-0.2, 0) is 4.79 Å². The first-order chi connectivity index (χ1) is 11.0. The number of hydrogen-bond acceptors (Lipinski definition) is 4. The molecule has 2 aliphatic heterocycles. The van der Waals surface area contributed by atoms with Gasteiger partial charge in [-0.3, -0.25) is 0 Å². The van der Waals surface area contributed by atoms with E-state index in [2.05, 4.69) is 5.32 Å². The maximum Gasteiger partial charge on any atom is 0.135 e. The second kappa shape index (κ2) is 5.87. The molecule has 0 bridgehead atoms. The zero-order valence-electron chi connectivity index (χ0n) is 12.1. The van der Waals surface area contributed by atoms with Gasteiger partial charge in [-0.2, -0.15) is 0 Å². The van der Waals surface area contributed by atoms with Gasteiger partial charge in [-0.25, -0.2) is 0 Å². The van der Waals surface area contributed by atoms with E-state index in [0.29, 0.717) is 15.7 Å². The van der Waals surface area contributed by atoms with Crippen LogP contribution in [0.5, 0.6) is 5.75 Å². The van der Waals surface area contributed by atoms with Crippen molar-refractivity contribution in [2.45, 2.75) is 32.4 Å². The Morgan fingerprint density at radius 2 is 2.04 bits per heavy atom. The van der Waals surface area contributed by atoms with Crippen LogP contribution in [0.15, 0.2) is 30.3 Å². The van der Waals surface area contributed by atoms with Crippen LogP contribution in [-0.4, -0.2) is 18.1 Å². The Bertz CT molecular complexity index is 837. The highest BCUT2D eigenvalue weighted by Gasteiger charge is 2.46. The minimum Gasteiger partial charge on any atom is -0.548 e. The molecule has 3 atom stereocenters. The molecule has 1 N–H and O–H groups in total. The molecule has 3 unspecified atom stereocenters. The Morgan fingerprint density at radius 3 is 2.75 bits per heavy atom. The fourth-order valence-corrected chi connectivity index (χ4v) is 4.12. The molecule has 2 aliphatic rings. The van der Waals surface area contributed by atoms with E-state index in [1.54, 1.807) is 12.1 Å². The molecule has 4 rings (SSSR count). The number of ether oxygens (including phenoxy) is 1. The van der Waals surface area contributed by atoms with Gasteiger partial charge in [-0.15, -0.1) is 0 Å². The minimum absolute atomic E-state index is 0. The molecule has 6 heteroatoms. The van der Waals surface area contributed by atoms with Crippen molar-refractivity contribution < 1.29 is 14.6 Å². The summed E-state index contributed by atoms with van der Waals surface area (Å²) >= 11 is 12.5. The topological polar surface area (TPSA) is 61.4 Å². The summed E-state index contributed by atoms with van der Waals surface area (Å²) in [6.07, 6.45) is -0.609. The van der Waals surface area contributed by atoms with Crippen molar-refractivity contribution in [1.82, 2.24) is 0 Å². The third-order valence-electron chi connectivity index (χ3n) is 4.46. The smallest absolute Gasteiger partial charge is 0.135 e. The lowest BCUT2D eigenvalue weighted by atomic mass is 9.81. The molecule has 126 valence electrons. The zero-order chi connectivity index (χ0) is 16.3. The summed E-state index contributed by atoms with van der Waals surface area (Å²) < 4.78 is 5.98. The molecule has 0 aromatic heterocycles. The number of carbonyl (C=O) groups is 1. The number of para-hydroxylation sites is 1. The summed E-state index contributed by atoms with van der Waals surface area (Å²) in [4.78, 5) is 11.6. The van der Waals surface area contributed by atoms with Crippen molar-refractivity contribution in [2.75, 3.05) is 5.32 Å². The number of anilines is 1. The number of fused-ring (bicyclic) bond motifs is 5. The monoisotopic (exact) mass is 364 g/mol. The van der Waals surface area contributed by atoms with Gasteiger partial charge in [-0.05, 0) is 24.6 Å². The van der Waals surface area contributed by atoms with Gasteiger partial charge in [0.2, 0.25) is 0 Å². The van der Waals surface area contributed by atoms with E-state index in [1.807, 2.05) is 25.1 Å². The molecule has 2 aromatic carbocycles. The Labute approximate surface area is 150 Å². The minimum atomic E-state index is -1.22. The van der Waals surface area contributed by atoms with Gasteiger partial charge < -0.3 is 20.0 Å². The number of benzene rings is 2. The molecule has 0 radical (unpaired) electrons. The number of carboxylic acids is 1. The quantitative estimate of drug-likeness (QED) is 0.842. The predicted octanol–water partition coefficient (Wildman–Crippen LogP) is 3.37. The fourth-order valence-electron chi connectivity index (χ4n) is 3.51. The average molecular weight is 365 g/mol. The summed E-state index contributed by atoms with van der Waals surface area (Å²) in [6.45, 7) is 1.93. The van der Waals surface area contributed by atoms with Crippen molar-refractivity contribution in [3.63, 3.8) is 0 Å². The fraction of sp³-hybridized carbons (Fsp3) is 0.278. The van der Waals surface area contributed by atoms with Gasteiger partial charge in [0.05, 0.1) is 11.9 Å². The van der Waals surface area contributed by atoms with E-state index in [4.69, 9.17) is 27.9 Å². The van der Waals surface area contributed by atoms with E-state index in [-0.39, 0.29) is 13.3 Å². The summed E-state index contributed by atoms with van der Waals surface area (Å²) in [5, 5.41) is 15.5. The van der Waals surface area contributed by atoms with Crippen LogP contribution in [0.25, 0.3) is 0 Å². The number of halogens is 2. The maximum absolute atomic E-state index is 11.6. The number of rotatable bonds is 1. The number of aryl methyl sites for hydroxylation is 1. The first kappa shape index (κ1) is 16.9. The summed E-state index contributed by atoms with van der Waals surface area (Å²) in [6, 6.07) is 8.17. The van der Waals surface area contributed by atoms with Crippen molar-refractivity contribution in [3.05, 3.63) is 57.1 Å². The van der Waals surface area contributed by atoms with Crippen LogP contribution in [0.4, 0.5) is 5.69 Å². The molecular formula is C18H16Cl2NO3-. The summed E-state index contributed by atoms with van der Waals surface area (Å²) in [7, 11) is 0. The van der Waals surface area contributed by atoms with E-state index < -0.39 is 18.1 Å². The standard InChI is InChI=1S/C17H13Cl2NO3.CH4/c1-7-3-2-4-9-12-13-10(19)5-8(18)6-11(13)20-14(17(21)22)16(12)23-15(7)9;/h2-6,12,14,16,20H,1H3,(H,21,22);1H4/p-1. The number of nitrogens with one attached hydrogen (secondary N) is 1. The lowest BCUT2D eigenvalue weighted by Gasteiger charge is -2.37. The predicted molar refractivity (Wildman–Crippen MR) is 93.0 cm³/mol. The molecule has 0 aliphatic carbocycles. The van der Waals surface area contributed by atoms with Crippen LogP contribution in [0, 0.1) is 6.92 Å². The zero-order valence-corrected chi connectivity index (χ0v) is 13.6.